The molecule has 0 aliphatic heterocycles. The van der Waals surface area contributed by atoms with Gasteiger partial charge < -0.3 is 14.6 Å². The molecule has 0 saturated heterocycles. The molecule has 0 radical (unpaired) electrons. The molecule has 3 rings (SSSR count). The SMILES string of the molecule is COc1ccc(CSc2c(Oc3ccccc3)cccc2C(=O)O)cc1. The molecule has 0 fully saturated rings. The molecule has 0 heterocycles. The minimum Gasteiger partial charge on any atom is -0.497 e. The summed E-state index contributed by atoms with van der Waals surface area (Å²) in [6.07, 6.45) is 0. The molecule has 0 aromatic heterocycles. The predicted molar refractivity (Wildman–Crippen MR) is 102 cm³/mol. The Balaban J connectivity index is 1.86. The number of hydrogen-bond acceptors (Lipinski definition) is 4. The second-order valence-corrected chi connectivity index (χ2v) is 6.48. The number of ether oxygens (including phenoxy) is 2. The first-order chi connectivity index (χ1) is 12.7. The second kappa shape index (κ2) is 8.45. The first kappa shape index (κ1) is 17.9. The molecule has 0 aliphatic rings. The number of carboxylic acid groups (broad SMARTS) is 1. The van der Waals surface area contributed by atoms with E-state index in [1.165, 1.54) is 11.8 Å². The van der Waals surface area contributed by atoms with Crippen molar-refractivity contribution < 1.29 is 19.4 Å². The van der Waals surface area contributed by atoms with E-state index in [9.17, 15) is 9.90 Å². The van der Waals surface area contributed by atoms with Crippen LogP contribution in [0.5, 0.6) is 17.2 Å². The summed E-state index contributed by atoms with van der Waals surface area (Å²) in [5.74, 6) is 1.65. The number of hydrogen-bond donors (Lipinski definition) is 1. The van der Waals surface area contributed by atoms with Crippen LogP contribution in [0.2, 0.25) is 0 Å². The lowest BCUT2D eigenvalue weighted by Gasteiger charge is -2.13. The molecule has 3 aromatic carbocycles. The standard InChI is InChI=1S/C21H18O4S/c1-24-16-12-10-15(11-13-16)14-26-20-18(21(22)23)8-5-9-19(20)25-17-6-3-2-4-7-17/h2-13H,14H2,1H3,(H,22,23). The summed E-state index contributed by atoms with van der Waals surface area (Å²) in [5.41, 5.74) is 1.30. The summed E-state index contributed by atoms with van der Waals surface area (Å²) in [5, 5.41) is 9.54. The van der Waals surface area contributed by atoms with Crippen molar-refractivity contribution in [3.63, 3.8) is 0 Å². The van der Waals surface area contributed by atoms with E-state index in [-0.39, 0.29) is 5.56 Å². The van der Waals surface area contributed by atoms with Crippen molar-refractivity contribution in [1.29, 1.82) is 0 Å². The molecule has 0 amide bonds. The van der Waals surface area contributed by atoms with Gasteiger partial charge in [-0.05, 0) is 42.0 Å². The van der Waals surface area contributed by atoms with Gasteiger partial charge in [-0.1, -0.05) is 36.4 Å². The summed E-state index contributed by atoms with van der Waals surface area (Å²) < 4.78 is 11.1. The van der Waals surface area contributed by atoms with Crippen LogP contribution in [0.3, 0.4) is 0 Å². The molecule has 0 atom stereocenters. The fraction of sp³-hybridized carbons (Fsp3) is 0.0952. The Bertz CT molecular complexity index is 876. The number of para-hydroxylation sites is 1. The summed E-state index contributed by atoms with van der Waals surface area (Å²) in [4.78, 5) is 12.2. The minimum absolute atomic E-state index is 0.233. The van der Waals surface area contributed by atoms with Crippen molar-refractivity contribution in [2.75, 3.05) is 7.11 Å². The molecular formula is C21H18O4S. The third kappa shape index (κ3) is 4.37. The largest absolute Gasteiger partial charge is 0.497 e. The van der Waals surface area contributed by atoms with E-state index in [2.05, 4.69) is 0 Å². The minimum atomic E-state index is -0.972. The highest BCUT2D eigenvalue weighted by molar-refractivity contribution is 7.98. The van der Waals surface area contributed by atoms with Crippen LogP contribution >= 0.6 is 11.8 Å². The molecule has 0 unspecified atom stereocenters. The van der Waals surface area contributed by atoms with Crippen molar-refractivity contribution in [3.8, 4) is 17.2 Å². The van der Waals surface area contributed by atoms with Crippen LogP contribution < -0.4 is 9.47 Å². The first-order valence-electron chi connectivity index (χ1n) is 8.02. The molecule has 1 N–H and O–H groups in total. The van der Waals surface area contributed by atoms with E-state index in [0.717, 1.165) is 11.3 Å². The molecule has 3 aromatic rings. The molecule has 0 bridgehead atoms. The van der Waals surface area contributed by atoms with Crippen LogP contribution in [0.15, 0.2) is 77.7 Å². The Morgan fingerprint density at radius 2 is 1.65 bits per heavy atom. The zero-order chi connectivity index (χ0) is 18.4. The number of aromatic carboxylic acids is 1. The molecule has 4 nitrogen and oxygen atoms in total. The number of methoxy groups -OCH3 is 1. The van der Waals surface area contributed by atoms with E-state index >= 15 is 0 Å². The van der Waals surface area contributed by atoms with E-state index in [1.54, 1.807) is 25.3 Å². The van der Waals surface area contributed by atoms with Gasteiger partial charge >= 0.3 is 5.97 Å². The van der Waals surface area contributed by atoms with E-state index in [0.29, 0.717) is 22.1 Å². The third-order valence-electron chi connectivity index (χ3n) is 3.72. The quantitative estimate of drug-likeness (QED) is 0.561. The second-order valence-electron chi connectivity index (χ2n) is 5.49. The fourth-order valence-corrected chi connectivity index (χ4v) is 3.47. The highest BCUT2D eigenvalue weighted by Gasteiger charge is 2.16. The van der Waals surface area contributed by atoms with Gasteiger partial charge in [0, 0.05) is 5.75 Å². The normalized spacial score (nSPS) is 10.3. The average Bonchev–Trinajstić information content (AvgIpc) is 2.68. The van der Waals surface area contributed by atoms with Gasteiger partial charge in [-0.25, -0.2) is 4.79 Å². The highest BCUT2D eigenvalue weighted by atomic mass is 32.2. The topological polar surface area (TPSA) is 55.8 Å². The van der Waals surface area contributed by atoms with Gasteiger partial charge in [0.2, 0.25) is 0 Å². The van der Waals surface area contributed by atoms with Gasteiger partial charge in [0.25, 0.3) is 0 Å². The molecule has 5 heteroatoms. The number of carboxylic acids is 1. The van der Waals surface area contributed by atoms with Crippen LogP contribution in [-0.2, 0) is 5.75 Å². The van der Waals surface area contributed by atoms with Crippen molar-refractivity contribution in [2.45, 2.75) is 10.6 Å². The Hall–Kier alpha value is -2.92. The van der Waals surface area contributed by atoms with Crippen LogP contribution in [0.4, 0.5) is 0 Å². The highest BCUT2D eigenvalue weighted by Crippen LogP contribution is 2.37. The zero-order valence-electron chi connectivity index (χ0n) is 14.2. The molecule has 0 saturated carbocycles. The molecular weight excluding hydrogens is 348 g/mol. The number of rotatable bonds is 7. The molecule has 0 aliphatic carbocycles. The van der Waals surface area contributed by atoms with Crippen LogP contribution in [0.1, 0.15) is 15.9 Å². The van der Waals surface area contributed by atoms with Crippen molar-refractivity contribution in [2.24, 2.45) is 0 Å². The van der Waals surface area contributed by atoms with Crippen LogP contribution in [0, 0.1) is 0 Å². The van der Waals surface area contributed by atoms with Gasteiger partial charge in [0.15, 0.2) is 0 Å². The lowest BCUT2D eigenvalue weighted by Crippen LogP contribution is -2.01. The van der Waals surface area contributed by atoms with Crippen LogP contribution in [0.25, 0.3) is 0 Å². The average molecular weight is 366 g/mol. The lowest BCUT2D eigenvalue weighted by atomic mass is 10.2. The van der Waals surface area contributed by atoms with Gasteiger partial charge in [-0.15, -0.1) is 11.8 Å². The van der Waals surface area contributed by atoms with Crippen molar-refractivity contribution in [3.05, 3.63) is 83.9 Å². The Morgan fingerprint density at radius 3 is 2.31 bits per heavy atom. The summed E-state index contributed by atoms with van der Waals surface area (Å²) in [6.45, 7) is 0. The van der Waals surface area contributed by atoms with Crippen molar-refractivity contribution >= 4 is 17.7 Å². The predicted octanol–water partition coefficient (Wildman–Crippen LogP) is 5.48. The number of benzene rings is 3. The molecule has 0 spiro atoms. The van der Waals surface area contributed by atoms with Gasteiger partial charge in [-0.3, -0.25) is 0 Å². The Morgan fingerprint density at radius 1 is 0.923 bits per heavy atom. The summed E-state index contributed by atoms with van der Waals surface area (Å²) in [7, 11) is 1.63. The fourth-order valence-electron chi connectivity index (χ4n) is 2.41. The smallest absolute Gasteiger partial charge is 0.336 e. The summed E-state index contributed by atoms with van der Waals surface area (Å²) >= 11 is 1.44. The van der Waals surface area contributed by atoms with Gasteiger partial charge in [0.1, 0.15) is 17.2 Å². The van der Waals surface area contributed by atoms with E-state index in [4.69, 9.17) is 9.47 Å². The van der Waals surface area contributed by atoms with E-state index in [1.807, 2.05) is 54.6 Å². The Labute approximate surface area is 156 Å². The molecule has 26 heavy (non-hydrogen) atoms. The zero-order valence-corrected chi connectivity index (χ0v) is 15.0. The van der Waals surface area contributed by atoms with E-state index < -0.39 is 5.97 Å². The monoisotopic (exact) mass is 366 g/mol. The maximum absolute atomic E-state index is 11.6. The Kier molecular flexibility index (Phi) is 5.81. The lowest BCUT2D eigenvalue weighted by molar-refractivity contribution is 0.0692. The number of thioether (sulfide) groups is 1. The summed E-state index contributed by atoms with van der Waals surface area (Å²) in [6, 6.07) is 22.1. The van der Waals surface area contributed by atoms with Crippen LogP contribution in [-0.4, -0.2) is 18.2 Å². The maximum Gasteiger partial charge on any atom is 0.336 e. The maximum atomic E-state index is 11.6. The number of carbonyl (C=O) groups is 1. The van der Waals surface area contributed by atoms with Gasteiger partial charge in [0.05, 0.1) is 17.6 Å². The van der Waals surface area contributed by atoms with Crippen molar-refractivity contribution in [1.82, 2.24) is 0 Å². The third-order valence-corrected chi connectivity index (χ3v) is 4.91. The first-order valence-corrected chi connectivity index (χ1v) is 9.01. The molecule has 132 valence electrons. The van der Waals surface area contributed by atoms with Gasteiger partial charge in [-0.2, -0.15) is 0 Å².